The van der Waals surface area contributed by atoms with Crippen molar-refractivity contribution in [3.05, 3.63) is 34.9 Å². The van der Waals surface area contributed by atoms with E-state index in [1.54, 1.807) is 0 Å². The first kappa shape index (κ1) is 17.0. The average Bonchev–Trinajstić information content (AvgIpc) is 2.32. The lowest BCUT2D eigenvalue weighted by Gasteiger charge is -2.41. The molecular weight excluding hydrogens is 274 g/mol. The summed E-state index contributed by atoms with van der Waals surface area (Å²) in [5.41, 5.74) is 1.04. The molecule has 112 valence electrons. The van der Waals surface area contributed by atoms with Gasteiger partial charge in [-0.05, 0) is 44.9 Å². The molecule has 0 radical (unpaired) electrons. The van der Waals surface area contributed by atoms with Crippen LogP contribution in [0.5, 0.6) is 0 Å². The van der Waals surface area contributed by atoms with Crippen LogP contribution in [0.2, 0.25) is 5.02 Å². The molecule has 0 aromatic heterocycles. The summed E-state index contributed by atoms with van der Waals surface area (Å²) < 4.78 is 0. The Morgan fingerprint density at radius 1 is 1.40 bits per heavy atom. The van der Waals surface area contributed by atoms with E-state index < -0.39 is 5.97 Å². The molecule has 3 nitrogen and oxygen atoms in total. The van der Waals surface area contributed by atoms with Gasteiger partial charge in [0.2, 0.25) is 0 Å². The van der Waals surface area contributed by atoms with Crippen molar-refractivity contribution >= 4 is 17.6 Å². The molecule has 20 heavy (non-hydrogen) atoms. The van der Waals surface area contributed by atoms with Crippen molar-refractivity contribution in [3.8, 4) is 0 Å². The Bertz CT molecular complexity index is 454. The van der Waals surface area contributed by atoms with Crippen molar-refractivity contribution in [2.75, 3.05) is 6.54 Å². The lowest BCUT2D eigenvalue weighted by Crippen LogP contribution is -2.44. The summed E-state index contributed by atoms with van der Waals surface area (Å²) in [6, 6.07) is 8.00. The molecule has 0 saturated carbocycles. The Kier molecular flexibility index (Phi) is 6.03. The quantitative estimate of drug-likeness (QED) is 0.848. The lowest BCUT2D eigenvalue weighted by molar-refractivity contribution is -0.137. The Hall–Kier alpha value is -1.06. The number of carboxylic acid groups (broad SMARTS) is 1. The van der Waals surface area contributed by atoms with Crippen LogP contribution < -0.4 is 0 Å². The second kappa shape index (κ2) is 7.09. The zero-order valence-corrected chi connectivity index (χ0v) is 13.4. The molecule has 0 saturated heterocycles. The van der Waals surface area contributed by atoms with Gasteiger partial charge < -0.3 is 5.11 Å². The standard InChI is InChI=1S/C16H24ClNO2/c1-5-14(12-7-6-8-13(17)11-12)18(16(2,3)4)10-9-15(19)20/h6-8,11,14H,5,9-10H2,1-4H3,(H,19,20). The fourth-order valence-electron chi connectivity index (χ4n) is 2.52. The number of hydrogen-bond donors (Lipinski definition) is 1. The Morgan fingerprint density at radius 3 is 2.50 bits per heavy atom. The molecule has 0 spiro atoms. The first-order valence-corrected chi connectivity index (χ1v) is 7.37. The highest BCUT2D eigenvalue weighted by Crippen LogP contribution is 2.32. The van der Waals surface area contributed by atoms with E-state index in [1.165, 1.54) is 0 Å². The van der Waals surface area contributed by atoms with Gasteiger partial charge in [0.25, 0.3) is 0 Å². The van der Waals surface area contributed by atoms with Crippen LogP contribution in [0.25, 0.3) is 0 Å². The molecule has 0 aliphatic rings. The molecule has 1 N–H and O–H groups in total. The number of aliphatic carboxylic acids is 1. The maximum Gasteiger partial charge on any atom is 0.304 e. The van der Waals surface area contributed by atoms with E-state index in [1.807, 2.05) is 18.2 Å². The Morgan fingerprint density at radius 2 is 2.05 bits per heavy atom. The van der Waals surface area contributed by atoms with Crippen LogP contribution in [0.15, 0.2) is 24.3 Å². The normalized spacial score (nSPS) is 13.5. The Labute approximate surface area is 126 Å². The third-order valence-corrected chi connectivity index (χ3v) is 3.66. The number of benzene rings is 1. The summed E-state index contributed by atoms with van der Waals surface area (Å²) in [5.74, 6) is -0.764. The monoisotopic (exact) mass is 297 g/mol. The number of carboxylic acids is 1. The van der Waals surface area contributed by atoms with Gasteiger partial charge in [-0.2, -0.15) is 0 Å². The lowest BCUT2D eigenvalue weighted by atomic mass is 9.95. The third-order valence-electron chi connectivity index (χ3n) is 3.42. The van der Waals surface area contributed by atoms with Crippen LogP contribution in [0.1, 0.15) is 52.1 Å². The van der Waals surface area contributed by atoms with E-state index in [0.717, 1.165) is 12.0 Å². The number of hydrogen-bond acceptors (Lipinski definition) is 2. The van der Waals surface area contributed by atoms with Gasteiger partial charge in [-0.25, -0.2) is 0 Å². The van der Waals surface area contributed by atoms with Crippen molar-refractivity contribution in [2.45, 2.75) is 52.1 Å². The van der Waals surface area contributed by atoms with Gasteiger partial charge in [0, 0.05) is 23.1 Å². The molecule has 1 rings (SSSR count). The van der Waals surface area contributed by atoms with Gasteiger partial charge in [-0.1, -0.05) is 30.7 Å². The fourth-order valence-corrected chi connectivity index (χ4v) is 2.72. The van der Waals surface area contributed by atoms with Crippen LogP contribution in [0, 0.1) is 0 Å². The number of carbonyl (C=O) groups is 1. The number of halogens is 1. The zero-order valence-electron chi connectivity index (χ0n) is 12.7. The second-order valence-electron chi connectivity index (χ2n) is 5.99. The molecule has 1 aromatic rings. The summed E-state index contributed by atoms with van der Waals surface area (Å²) in [7, 11) is 0. The summed E-state index contributed by atoms with van der Waals surface area (Å²) in [5, 5.41) is 9.67. The highest BCUT2D eigenvalue weighted by Gasteiger charge is 2.29. The average molecular weight is 298 g/mol. The second-order valence-corrected chi connectivity index (χ2v) is 6.42. The highest BCUT2D eigenvalue weighted by molar-refractivity contribution is 6.30. The van der Waals surface area contributed by atoms with Gasteiger partial charge >= 0.3 is 5.97 Å². The molecule has 1 atom stereocenters. The minimum atomic E-state index is -0.764. The van der Waals surface area contributed by atoms with Crippen LogP contribution in [0.3, 0.4) is 0 Å². The first-order valence-electron chi connectivity index (χ1n) is 6.99. The summed E-state index contributed by atoms with van der Waals surface area (Å²) in [6.45, 7) is 8.99. The molecule has 0 aliphatic heterocycles. The van der Waals surface area contributed by atoms with Crippen LogP contribution >= 0.6 is 11.6 Å². The smallest absolute Gasteiger partial charge is 0.304 e. The van der Waals surface area contributed by atoms with Gasteiger partial charge in [0.15, 0.2) is 0 Å². The zero-order chi connectivity index (χ0) is 15.3. The fraction of sp³-hybridized carbons (Fsp3) is 0.562. The topological polar surface area (TPSA) is 40.5 Å². The van der Waals surface area contributed by atoms with Crippen LogP contribution in [0.4, 0.5) is 0 Å². The van der Waals surface area contributed by atoms with Crippen LogP contribution in [-0.4, -0.2) is 28.1 Å². The van der Waals surface area contributed by atoms with Crippen molar-refractivity contribution in [1.29, 1.82) is 0 Å². The molecule has 4 heteroatoms. The van der Waals surface area contributed by atoms with Gasteiger partial charge in [0.1, 0.15) is 0 Å². The van der Waals surface area contributed by atoms with Crippen molar-refractivity contribution in [3.63, 3.8) is 0 Å². The van der Waals surface area contributed by atoms with Gasteiger partial charge in [0.05, 0.1) is 6.42 Å². The summed E-state index contributed by atoms with van der Waals surface area (Å²) in [4.78, 5) is 13.1. The molecule has 1 unspecified atom stereocenters. The maximum absolute atomic E-state index is 10.9. The highest BCUT2D eigenvalue weighted by atomic mass is 35.5. The minimum Gasteiger partial charge on any atom is -0.481 e. The van der Waals surface area contributed by atoms with E-state index in [2.05, 4.69) is 38.7 Å². The van der Waals surface area contributed by atoms with Crippen molar-refractivity contribution in [1.82, 2.24) is 4.90 Å². The van der Waals surface area contributed by atoms with Crippen LogP contribution in [-0.2, 0) is 4.79 Å². The van der Waals surface area contributed by atoms with Gasteiger partial charge in [-0.15, -0.1) is 0 Å². The van der Waals surface area contributed by atoms with E-state index >= 15 is 0 Å². The molecule has 0 amide bonds. The maximum atomic E-state index is 10.9. The summed E-state index contributed by atoms with van der Waals surface area (Å²) >= 11 is 6.08. The van der Waals surface area contributed by atoms with E-state index in [0.29, 0.717) is 11.6 Å². The molecular formula is C16H24ClNO2. The molecule has 0 bridgehead atoms. The van der Waals surface area contributed by atoms with E-state index in [4.69, 9.17) is 16.7 Å². The molecule has 0 heterocycles. The first-order chi connectivity index (χ1) is 9.25. The SMILES string of the molecule is CCC(c1cccc(Cl)c1)N(CCC(=O)O)C(C)(C)C. The molecule has 1 aromatic carbocycles. The Balaban J connectivity index is 3.04. The summed E-state index contributed by atoms with van der Waals surface area (Å²) in [6.07, 6.45) is 1.06. The predicted octanol–water partition coefficient (Wildman–Crippen LogP) is 4.37. The van der Waals surface area contributed by atoms with Gasteiger partial charge in [-0.3, -0.25) is 9.69 Å². The molecule has 0 aliphatic carbocycles. The van der Waals surface area contributed by atoms with E-state index in [9.17, 15) is 4.79 Å². The predicted molar refractivity (Wildman–Crippen MR) is 83.2 cm³/mol. The third kappa shape index (κ3) is 4.80. The number of rotatable bonds is 6. The minimum absolute atomic E-state index is 0.0988. The van der Waals surface area contributed by atoms with Crippen molar-refractivity contribution < 1.29 is 9.90 Å². The largest absolute Gasteiger partial charge is 0.481 e. The van der Waals surface area contributed by atoms with E-state index in [-0.39, 0.29) is 18.0 Å². The number of nitrogens with zero attached hydrogens (tertiary/aromatic N) is 1. The molecule has 0 fully saturated rings. The van der Waals surface area contributed by atoms with Crippen molar-refractivity contribution in [2.24, 2.45) is 0 Å².